The van der Waals surface area contributed by atoms with Crippen LogP contribution in [0.4, 0.5) is 0 Å². The summed E-state index contributed by atoms with van der Waals surface area (Å²) >= 11 is 0. The van der Waals surface area contributed by atoms with Crippen molar-refractivity contribution in [2.75, 3.05) is 20.8 Å². The molecule has 0 radical (unpaired) electrons. The second-order valence-electron chi connectivity index (χ2n) is 6.45. The number of carbonyl (C=O) groups excluding carboxylic acids is 1. The van der Waals surface area contributed by atoms with Gasteiger partial charge in [-0.15, -0.1) is 0 Å². The van der Waals surface area contributed by atoms with Gasteiger partial charge in [-0.1, -0.05) is 37.3 Å². The van der Waals surface area contributed by atoms with E-state index in [9.17, 15) is 9.90 Å². The van der Waals surface area contributed by atoms with E-state index >= 15 is 0 Å². The summed E-state index contributed by atoms with van der Waals surface area (Å²) in [5, 5.41) is 10.6. The van der Waals surface area contributed by atoms with Crippen molar-refractivity contribution in [3.05, 3.63) is 59.7 Å². The van der Waals surface area contributed by atoms with Crippen molar-refractivity contribution in [2.45, 2.75) is 25.5 Å². The lowest BCUT2D eigenvalue weighted by molar-refractivity contribution is -0.139. The lowest BCUT2D eigenvalue weighted by atomic mass is 9.93. The largest absolute Gasteiger partial charge is 0.496 e. The topological polar surface area (TPSA) is 91.0 Å². The maximum absolute atomic E-state index is 11.3. The molecule has 0 aliphatic carbocycles. The number of rotatable bonds is 9. The Morgan fingerprint density at radius 2 is 1.78 bits per heavy atom. The van der Waals surface area contributed by atoms with Crippen molar-refractivity contribution in [1.82, 2.24) is 0 Å². The second-order valence-corrected chi connectivity index (χ2v) is 6.45. The Bertz CT molecular complexity index is 732. The van der Waals surface area contributed by atoms with Gasteiger partial charge in [0.15, 0.2) is 0 Å². The van der Waals surface area contributed by atoms with Gasteiger partial charge < -0.3 is 25.1 Å². The average molecular weight is 373 g/mol. The molecule has 0 aliphatic rings. The minimum Gasteiger partial charge on any atom is -0.496 e. The lowest BCUT2D eigenvalue weighted by Gasteiger charge is -2.26. The van der Waals surface area contributed by atoms with Gasteiger partial charge in [0.2, 0.25) is 0 Å². The van der Waals surface area contributed by atoms with Crippen molar-refractivity contribution in [3.63, 3.8) is 0 Å². The summed E-state index contributed by atoms with van der Waals surface area (Å²) in [4.78, 5) is 11.3. The number of ether oxygens (including phenoxy) is 3. The van der Waals surface area contributed by atoms with E-state index in [0.29, 0.717) is 23.7 Å². The predicted octanol–water partition coefficient (Wildman–Crippen LogP) is 2.49. The van der Waals surface area contributed by atoms with E-state index in [-0.39, 0.29) is 18.3 Å². The molecule has 2 aromatic carbocycles. The minimum absolute atomic E-state index is 0.0975. The van der Waals surface area contributed by atoms with E-state index < -0.39 is 12.1 Å². The molecule has 3 atom stereocenters. The quantitative estimate of drug-likeness (QED) is 0.656. The summed E-state index contributed by atoms with van der Waals surface area (Å²) in [6.07, 6.45) is -0.634. The third-order valence-electron chi connectivity index (χ3n) is 4.49. The molecule has 0 fully saturated rings. The molecule has 3 N–H and O–H groups in total. The van der Waals surface area contributed by atoms with E-state index in [0.717, 1.165) is 5.56 Å². The summed E-state index contributed by atoms with van der Waals surface area (Å²) in [5.74, 6) is 0.900. The number of benzene rings is 2. The molecule has 6 heteroatoms. The summed E-state index contributed by atoms with van der Waals surface area (Å²) < 4.78 is 15.7. The van der Waals surface area contributed by atoms with Gasteiger partial charge in [-0.05, 0) is 23.8 Å². The first-order chi connectivity index (χ1) is 13.0. The molecule has 0 bridgehead atoms. The number of aliphatic hydroxyl groups is 1. The molecule has 2 aromatic rings. The van der Waals surface area contributed by atoms with Crippen molar-refractivity contribution in [1.29, 1.82) is 0 Å². The van der Waals surface area contributed by atoms with Crippen LogP contribution in [0.15, 0.2) is 48.5 Å². The highest BCUT2D eigenvalue weighted by Crippen LogP contribution is 2.29. The number of nitrogens with two attached hydrogens (primary N) is 1. The fourth-order valence-corrected chi connectivity index (χ4v) is 2.71. The summed E-state index contributed by atoms with van der Waals surface area (Å²) in [5.41, 5.74) is 7.75. The number of para-hydroxylation sites is 1. The highest BCUT2D eigenvalue weighted by atomic mass is 16.5. The van der Waals surface area contributed by atoms with Crippen LogP contribution in [-0.4, -0.2) is 37.9 Å². The predicted molar refractivity (Wildman–Crippen MR) is 103 cm³/mol. The Morgan fingerprint density at radius 3 is 2.41 bits per heavy atom. The standard InChI is InChI=1S/C21H27NO5/c1-14(20(22)21(24)17-6-4-5-7-18(17)25-2)13-27-16-10-8-15(9-11-16)12-19(23)26-3/h4-11,14,20-21,24H,12-13,22H2,1-3H3. The van der Waals surface area contributed by atoms with E-state index in [1.165, 1.54) is 7.11 Å². The molecular weight excluding hydrogens is 346 g/mol. The molecule has 146 valence electrons. The van der Waals surface area contributed by atoms with Crippen LogP contribution >= 0.6 is 0 Å². The normalized spacial score (nSPS) is 14.1. The fraction of sp³-hybridized carbons (Fsp3) is 0.381. The van der Waals surface area contributed by atoms with Gasteiger partial charge in [0.25, 0.3) is 0 Å². The third kappa shape index (κ3) is 5.70. The number of carbonyl (C=O) groups is 1. The van der Waals surface area contributed by atoms with Crippen LogP contribution in [0.25, 0.3) is 0 Å². The van der Waals surface area contributed by atoms with Crippen molar-refractivity contribution >= 4 is 5.97 Å². The van der Waals surface area contributed by atoms with Gasteiger partial charge in [0.05, 0.1) is 33.4 Å². The molecule has 6 nitrogen and oxygen atoms in total. The van der Waals surface area contributed by atoms with Crippen LogP contribution in [0.5, 0.6) is 11.5 Å². The fourth-order valence-electron chi connectivity index (χ4n) is 2.71. The molecule has 2 rings (SSSR count). The molecule has 0 aromatic heterocycles. The average Bonchev–Trinajstić information content (AvgIpc) is 2.71. The first-order valence-corrected chi connectivity index (χ1v) is 8.81. The maximum Gasteiger partial charge on any atom is 0.309 e. The molecule has 0 saturated carbocycles. The van der Waals surface area contributed by atoms with Crippen LogP contribution in [0.3, 0.4) is 0 Å². The van der Waals surface area contributed by atoms with Crippen LogP contribution < -0.4 is 15.2 Å². The minimum atomic E-state index is -0.859. The van der Waals surface area contributed by atoms with Crippen molar-refractivity contribution in [2.24, 2.45) is 11.7 Å². The highest BCUT2D eigenvalue weighted by Gasteiger charge is 2.25. The molecule has 0 saturated heterocycles. The number of hydrogen-bond acceptors (Lipinski definition) is 6. The first-order valence-electron chi connectivity index (χ1n) is 8.81. The molecule has 27 heavy (non-hydrogen) atoms. The van der Waals surface area contributed by atoms with Gasteiger partial charge in [-0.25, -0.2) is 0 Å². The van der Waals surface area contributed by atoms with Crippen molar-refractivity contribution < 1.29 is 24.1 Å². The molecule has 0 heterocycles. The van der Waals surface area contributed by atoms with Crippen LogP contribution in [-0.2, 0) is 16.0 Å². The summed E-state index contributed by atoms with van der Waals surface area (Å²) in [7, 11) is 2.93. The lowest BCUT2D eigenvalue weighted by Crippen LogP contribution is -2.37. The van der Waals surface area contributed by atoms with Crippen LogP contribution in [0.2, 0.25) is 0 Å². The Hall–Kier alpha value is -2.57. The third-order valence-corrected chi connectivity index (χ3v) is 4.49. The van der Waals surface area contributed by atoms with Crippen molar-refractivity contribution in [3.8, 4) is 11.5 Å². The molecular formula is C21H27NO5. The zero-order valence-electron chi connectivity index (χ0n) is 15.9. The monoisotopic (exact) mass is 373 g/mol. The van der Waals surface area contributed by atoms with E-state index in [1.807, 2.05) is 31.2 Å². The van der Waals surface area contributed by atoms with Gasteiger partial charge in [0.1, 0.15) is 11.5 Å². The van der Waals surface area contributed by atoms with Gasteiger partial charge in [-0.2, -0.15) is 0 Å². The smallest absolute Gasteiger partial charge is 0.309 e. The summed E-state index contributed by atoms with van der Waals surface area (Å²) in [6.45, 7) is 2.28. The molecule has 0 amide bonds. The van der Waals surface area contributed by atoms with E-state index in [1.54, 1.807) is 31.4 Å². The zero-order chi connectivity index (χ0) is 19.8. The Morgan fingerprint density at radius 1 is 1.11 bits per heavy atom. The van der Waals surface area contributed by atoms with Gasteiger partial charge >= 0.3 is 5.97 Å². The SMILES string of the molecule is COC(=O)Cc1ccc(OCC(C)C(N)C(O)c2ccccc2OC)cc1. The first kappa shape index (κ1) is 20.7. The number of hydrogen-bond donors (Lipinski definition) is 2. The number of aliphatic hydroxyl groups excluding tert-OH is 1. The maximum atomic E-state index is 11.3. The zero-order valence-corrected chi connectivity index (χ0v) is 15.9. The molecule has 0 spiro atoms. The second kappa shape index (κ2) is 9.94. The van der Waals surface area contributed by atoms with Gasteiger partial charge in [-0.3, -0.25) is 4.79 Å². The number of methoxy groups -OCH3 is 2. The molecule has 0 aliphatic heterocycles. The Kier molecular flexibility index (Phi) is 7.64. The van der Waals surface area contributed by atoms with Crippen LogP contribution in [0, 0.1) is 5.92 Å². The Labute approximate surface area is 159 Å². The number of esters is 1. The van der Waals surface area contributed by atoms with E-state index in [2.05, 4.69) is 4.74 Å². The van der Waals surface area contributed by atoms with E-state index in [4.69, 9.17) is 15.2 Å². The summed E-state index contributed by atoms with van der Waals surface area (Å²) in [6, 6.07) is 14.0. The highest BCUT2D eigenvalue weighted by molar-refractivity contribution is 5.72. The van der Waals surface area contributed by atoms with Crippen LogP contribution in [0.1, 0.15) is 24.2 Å². The van der Waals surface area contributed by atoms with Gasteiger partial charge in [0, 0.05) is 17.5 Å². The molecule has 3 unspecified atom stereocenters. The Balaban J connectivity index is 1.92.